The molecule has 0 amide bonds. The van der Waals surface area contributed by atoms with E-state index >= 15 is 0 Å². The van der Waals surface area contributed by atoms with Crippen LogP contribution in [-0.2, 0) is 5.41 Å². The van der Waals surface area contributed by atoms with Crippen LogP contribution in [0.3, 0.4) is 0 Å². The van der Waals surface area contributed by atoms with Crippen LogP contribution < -0.4 is 9.80 Å². The standard InChI is InChI=1S/C63H62N2/c1-39-31-40(2)34-48(33-39)64(56-23-17-13-19-43(56)5)46-26-29-50-45(37-46)25-28-54-58-52-22-16-15-21-51(52)55-38-47(27-30-53(55)60(58)63(59(50)54,61(7,8)9)62(10,11)12)65(57-24-18-14-20-44(57)6)49-35-41(3)32-42(4)36-49/h13-38H,1-12H3. The first kappa shape index (κ1) is 42.3. The Morgan fingerprint density at radius 3 is 1.32 bits per heavy atom. The third kappa shape index (κ3) is 6.59. The van der Waals surface area contributed by atoms with Crippen molar-refractivity contribution in [2.45, 2.75) is 88.5 Å². The number of anilines is 6. The van der Waals surface area contributed by atoms with Crippen LogP contribution in [0.2, 0.25) is 0 Å². The van der Waals surface area contributed by atoms with Crippen LogP contribution in [0.1, 0.15) is 86.1 Å². The smallest absolute Gasteiger partial charge is 0.0490 e. The summed E-state index contributed by atoms with van der Waals surface area (Å²) in [7, 11) is 0. The second-order valence-electron chi connectivity index (χ2n) is 21.1. The van der Waals surface area contributed by atoms with Gasteiger partial charge in [-0.3, -0.25) is 0 Å². The Morgan fingerprint density at radius 1 is 0.354 bits per heavy atom. The van der Waals surface area contributed by atoms with Crippen LogP contribution in [0.15, 0.2) is 158 Å². The number of nitrogens with zero attached hydrogens (tertiary/aromatic N) is 2. The Kier molecular flexibility index (Phi) is 9.92. The summed E-state index contributed by atoms with van der Waals surface area (Å²) in [5, 5.41) is 7.81. The zero-order valence-electron chi connectivity index (χ0n) is 40.4. The topological polar surface area (TPSA) is 6.48 Å². The largest absolute Gasteiger partial charge is 0.310 e. The predicted molar refractivity (Wildman–Crippen MR) is 282 cm³/mol. The number of hydrogen-bond donors (Lipinski definition) is 0. The van der Waals surface area contributed by atoms with Crippen molar-refractivity contribution in [1.29, 1.82) is 0 Å². The molecular weight excluding hydrogens is 785 g/mol. The summed E-state index contributed by atoms with van der Waals surface area (Å²) in [5.41, 5.74) is 19.5. The highest BCUT2D eigenvalue weighted by Gasteiger charge is 2.59. The number of rotatable bonds is 6. The van der Waals surface area contributed by atoms with Crippen LogP contribution in [0, 0.1) is 52.4 Å². The molecule has 0 atom stereocenters. The van der Waals surface area contributed by atoms with Gasteiger partial charge in [-0.05, 0) is 201 Å². The highest BCUT2D eigenvalue weighted by molar-refractivity contribution is 6.20. The van der Waals surface area contributed by atoms with Gasteiger partial charge in [-0.15, -0.1) is 0 Å². The third-order valence-electron chi connectivity index (χ3n) is 14.4. The maximum atomic E-state index is 2.49. The van der Waals surface area contributed by atoms with Gasteiger partial charge >= 0.3 is 0 Å². The number of hydrogen-bond acceptors (Lipinski definition) is 2. The molecule has 1 aliphatic rings. The van der Waals surface area contributed by atoms with Gasteiger partial charge < -0.3 is 9.80 Å². The third-order valence-corrected chi connectivity index (χ3v) is 14.4. The molecule has 324 valence electrons. The second-order valence-corrected chi connectivity index (χ2v) is 21.1. The monoisotopic (exact) mass is 846 g/mol. The minimum atomic E-state index is -0.373. The molecule has 0 heterocycles. The average molecular weight is 847 g/mol. The Hall–Kier alpha value is -6.64. The van der Waals surface area contributed by atoms with Crippen molar-refractivity contribution in [3.05, 3.63) is 202 Å². The molecule has 0 aliphatic heterocycles. The fourth-order valence-electron chi connectivity index (χ4n) is 12.4. The van der Waals surface area contributed by atoms with Crippen molar-refractivity contribution in [3.63, 3.8) is 0 Å². The maximum absolute atomic E-state index is 2.49. The summed E-state index contributed by atoms with van der Waals surface area (Å²) in [6.45, 7) is 28.2. The van der Waals surface area contributed by atoms with Crippen LogP contribution in [-0.4, -0.2) is 0 Å². The first-order chi connectivity index (χ1) is 31.0. The first-order valence-electron chi connectivity index (χ1n) is 23.4. The summed E-state index contributed by atoms with van der Waals surface area (Å²) >= 11 is 0. The van der Waals surface area contributed by atoms with E-state index in [0.29, 0.717) is 0 Å². The molecule has 9 aromatic carbocycles. The van der Waals surface area contributed by atoms with Gasteiger partial charge in [0.25, 0.3) is 0 Å². The molecule has 9 aromatic rings. The SMILES string of the molecule is Cc1cc(C)cc(N(c2ccc3c4c(ccc3c2)-c2c(c3ccc(N(c5cc(C)cc(C)c5)c5ccccc5C)cc3c3ccccc23)C4(C(C)(C)C)C(C)(C)C)c2ccccc2C)c1. The van der Waals surface area contributed by atoms with Gasteiger partial charge in [-0.2, -0.15) is 0 Å². The lowest BCUT2D eigenvalue weighted by Crippen LogP contribution is -2.50. The molecule has 2 nitrogen and oxygen atoms in total. The first-order valence-corrected chi connectivity index (χ1v) is 23.4. The lowest BCUT2D eigenvalue weighted by molar-refractivity contribution is 0.0977. The highest BCUT2D eigenvalue weighted by Crippen LogP contribution is 2.68. The Bertz CT molecular complexity index is 3320. The van der Waals surface area contributed by atoms with E-state index in [9.17, 15) is 0 Å². The molecule has 0 radical (unpaired) electrons. The van der Waals surface area contributed by atoms with Gasteiger partial charge in [0.15, 0.2) is 0 Å². The van der Waals surface area contributed by atoms with Crippen LogP contribution in [0.25, 0.3) is 43.4 Å². The van der Waals surface area contributed by atoms with Crippen molar-refractivity contribution in [3.8, 4) is 11.1 Å². The van der Waals surface area contributed by atoms with Crippen molar-refractivity contribution in [2.24, 2.45) is 10.8 Å². The lowest BCUT2D eigenvalue weighted by Gasteiger charge is -2.54. The van der Waals surface area contributed by atoms with Gasteiger partial charge in [0.1, 0.15) is 0 Å². The van der Waals surface area contributed by atoms with E-state index in [1.54, 1.807) is 0 Å². The normalized spacial score (nSPS) is 13.4. The van der Waals surface area contributed by atoms with Gasteiger partial charge in [0.2, 0.25) is 0 Å². The Balaban J connectivity index is 1.27. The number of fused-ring (bicyclic) bond motifs is 10. The van der Waals surface area contributed by atoms with E-state index in [1.165, 1.54) is 111 Å². The summed E-state index contributed by atoms with van der Waals surface area (Å²) < 4.78 is 0. The van der Waals surface area contributed by atoms with Crippen molar-refractivity contribution >= 4 is 66.4 Å². The van der Waals surface area contributed by atoms with E-state index in [4.69, 9.17) is 0 Å². The van der Waals surface area contributed by atoms with E-state index in [1.807, 2.05) is 0 Å². The molecule has 0 bridgehead atoms. The fourth-order valence-corrected chi connectivity index (χ4v) is 12.4. The Labute approximate surface area is 387 Å². The number of aryl methyl sites for hydroxylation is 6. The molecule has 0 unspecified atom stereocenters. The van der Waals surface area contributed by atoms with Gasteiger partial charge in [0, 0.05) is 39.5 Å². The van der Waals surface area contributed by atoms with E-state index in [-0.39, 0.29) is 16.2 Å². The van der Waals surface area contributed by atoms with E-state index in [2.05, 4.69) is 251 Å². The summed E-state index contributed by atoms with van der Waals surface area (Å²) in [4.78, 5) is 4.92. The molecule has 1 aliphatic carbocycles. The van der Waals surface area contributed by atoms with Crippen molar-refractivity contribution in [2.75, 3.05) is 9.80 Å². The molecule has 0 saturated heterocycles. The molecule has 0 fully saturated rings. The molecule has 0 aromatic heterocycles. The highest BCUT2D eigenvalue weighted by atomic mass is 15.1. The zero-order chi connectivity index (χ0) is 45.7. The van der Waals surface area contributed by atoms with E-state index in [0.717, 1.165) is 11.4 Å². The lowest BCUT2D eigenvalue weighted by atomic mass is 9.49. The van der Waals surface area contributed by atoms with Gasteiger partial charge in [0.05, 0.1) is 0 Å². The summed E-state index contributed by atoms with van der Waals surface area (Å²) in [6, 6.07) is 60.0. The van der Waals surface area contributed by atoms with Crippen LogP contribution in [0.5, 0.6) is 0 Å². The number of para-hydroxylation sites is 2. The van der Waals surface area contributed by atoms with Gasteiger partial charge in [-0.1, -0.05) is 139 Å². The summed E-state index contributed by atoms with van der Waals surface area (Å²) in [5.74, 6) is 0. The molecule has 2 heteroatoms. The number of benzene rings is 9. The van der Waals surface area contributed by atoms with Crippen LogP contribution in [0.4, 0.5) is 34.1 Å². The van der Waals surface area contributed by atoms with Crippen molar-refractivity contribution < 1.29 is 0 Å². The second kappa shape index (κ2) is 15.2. The zero-order valence-corrected chi connectivity index (χ0v) is 40.4. The fraction of sp³-hybridized carbons (Fsp3) is 0.238. The van der Waals surface area contributed by atoms with Gasteiger partial charge in [-0.25, -0.2) is 0 Å². The summed E-state index contributed by atoms with van der Waals surface area (Å²) in [6.07, 6.45) is 0. The minimum absolute atomic E-state index is 0.176. The van der Waals surface area contributed by atoms with Crippen molar-refractivity contribution in [1.82, 2.24) is 0 Å². The molecule has 0 spiro atoms. The molecule has 0 N–H and O–H groups in total. The average Bonchev–Trinajstić information content (AvgIpc) is 3.59. The molecule has 0 saturated carbocycles. The molecule has 65 heavy (non-hydrogen) atoms. The van der Waals surface area contributed by atoms with E-state index < -0.39 is 0 Å². The Morgan fingerprint density at radius 2 is 0.815 bits per heavy atom. The predicted octanol–water partition coefficient (Wildman–Crippen LogP) is 18.3. The van der Waals surface area contributed by atoms with Crippen LogP contribution >= 0.6 is 0 Å². The molecule has 10 rings (SSSR count). The minimum Gasteiger partial charge on any atom is -0.310 e. The quantitative estimate of drug-likeness (QED) is 0.154. The maximum Gasteiger partial charge on any atom is 0.0490 e. The molecular formula is C63H62N2.